The molecule has 2 rings (SSSR count). The van der Waals surface area contributed by atoms with E-state index >= 15 is 0 Å². The maximum absolute atomic E-state index is 12.9. The number of nitrogens with zero attached hydrogens (tertiary/aromatic N) is 1. The zero-order valence-electron chi connectivity index (χ0n) is 11.1. The molecule has 1 saturated heterocycles. The second kappa shape index (κ2) is 5.41. The number of hydrogen-bond acceptors (Lipinski definition) is 2. The van der Waals surface area contributed by atoms with Gasteiger partial charge in [-0.3, -0.25) is 0 Å². The summed E-state index contributed by atoms with van der Waals surface area (Å²) in [5.41, 5.74) is 6.85. The lowest BCUT2D eigenvalue weighted by molar-refractivity contribution is -0.138. The first kappa shape index (κ1) is 14.2. The minimum absolute atomic E-state index is 0.140. The highest BCUT2D eigenvalue weighted by Gasteiger charge is 2.33. The van der Waals surface area contributed by atoms with Gasteiger partial charge < -0.3 is 10.6 Å². The number of anilines is 1. The topological polar surface area (TPSA) is 29.3 Å². The van der Waals surface area contributed by atoms with Gasteiger partial charge in [0, 0.05) is 25.3 Å². The number of halogens is 3. The zero-order valence-corrected chi connectivity index (χ0v) is 11.1. The maximum Gasteiger partial charge on any atom is 0.416 e. The Morgan fingerprint density at radius 1 is 1.16 bits per heavy atom. The van der Waals surface area contributed by atoms with Crippen LogP contribution in [-0.4, -0.2) is 13.1 Å². The van der Waals surface area contributed by atoms with Crippen LogP contribution in [0, 0.1) is 6.92 Å². The van der Waals surface area contributed by atoms with Crippen LogP contribution in [-0.2, 0) is 12.7 Å². The van der Waals surface area contributed by atoms with Crippen LogP contribution in [0.2, 0.25) is 0 Å². The maximum atomic E-state index is 12.9. The molecular formula is C14H19F3N2. The van der Waals surface area contributed by atoms with Crippen molar-refractivity contribution in [3.63, 3.8) is 0 Å². The lowest BCUT2D eigenvalue weighted by atomic mass is 9.98. The van der Waals surface area contributed by atoms with Gasteiger partial charge in [-0.15, -0.1) is 0 Å². The van der Waals surface area contributed by atoms with Gasteiger partial charge in [0.15, 0.2) is 0 Å². The fourth-order valence-corrected chi connectivity index (χ4v) is 2.74. The van der Waals surface area contributed by atoms with Gasteiger partial charge in [0.2, 0.25) is 0 Å². The van der Waals surface area contributed by atoms with E-state index in [-0.39, 0.29) is 12.1 Å². The number of piperidine rings is 1. The predicted octanol–water partition coefficient (Wildman–Crippen LogP) is 3.46. The van der Waals surface area contributed by atoms with Crippen molar-refractivity contribution in [1.82, 2.24) is 0 Å². The molecule has 2 N–H and O–H groups in total. The number of alkyl halides is 3. The van der Waals surface area contributed by atoms with Crippen molar-refractivity contribution in [3.05, 3.63) is 28.8 Å². The number of benzene rings is 1. The van der Waals surface area contributed by atoms with Gasteiger partial charge in [0.25, 0.3) is 0 Å². The molecule has 1 fully saturated rings. The molecule has 1 aliphatic rings. The molecule has 0 atom stereocenters. The molecule has 0 spiro atoms. The van der Waals surface area contributed by atoms with Crippen LogP contribution in [0.25, 0.3) is 0 Å². The van der Waals surface area contributed by atoms with E-state index in [4.69, 9.17) is 5.73 Å². The summed E-state index contributed by atoms with van der Waals surface area (Å²) >= 11 is 0. The molecule has 0 saturated carbocycles. The average molecular weight is 272 g/mol. The van der Waals surface area contributed by atoms with Gasteiger partial charge in [-0.05, 0) is 49.4 Å². The van der Waals surface area contributed by atoms with E-state index in [1.807, 2.05) is 0 Å². The summed E-state index contributed by atoms with van der Waals surface area (Å²) in [6.07, 6.45) is -0.948. The van der Waals surface area contributed by atoms with Gasteiger partial charge in [-0.25, -0.2) is 0 Å². The molecule has 1 heterocycles. The molecular weight excluding hydrogens is 253 g/mol. The summed E-state index contributed by atoms with van der Waals surface area (Å²) in [7, 11) is 0. The van der Waals surface area contributed by atoms with E-state index in [0.717, 1.165) is 31.6 Å². The van der Waals surface area contributed by atoms with Gasteiger partial charge in [0.05, 0.1) is 5.56 Å². The second-order valence-electron chi connectivity index (χ2n) is 4.99. The summed E-state index contributed by atoms with van der Waals surface area (Å²) in [5.74, 6) is 0. The first-order valence-corrected chi connectivity index (χ1v) is 6.60. The predicted molar refractivity (Wildman–Crippen MR) is 70.1 cm³/mol. The molecule has 1 aromatic rings. The van der Waals surface area contributed by atoms with E-state index < -0.39 is 11.7 Å². The van der Waals surface area contributed by atoms with Crippen molar-refractivity contribution in [2.24, 2.45) is 5.73 Å². The summed E-state index contributed by atoms with van der Waals surface area (Å²) < 4.78 is 38.7. The zero-order chi connectivity index (χ0) is 14.0. The highest BCUT2D eigenvalue weighted by molar-refractivity contribution is 5.59. The van der Waals surface area contributed by atoms with Gasteiger partial charge in [-0.1, -0.05) is 0 Å². The molecule has 2 nitrogen and oxygen atoms in total. The summed E-state index contributed by atoms with van der Waals surface area (Å²) in [6, 6.07) is 2.75. The largest absolute Gasteiger partial charge is 0.416 e. The Hall–Kier alpha value is -1.23. The first-order chi connectivity index (χ1) is 8.95. The molecule has 0 amide bonds. The molecule has 0 unspecified atom stereocenters. The van der Waals surface area contributed by atoms with E-state index in [1.165, 1.54) is 19.4 Å². The quantitative estimate of drug-likeness (QED) is 0.893. The first-order valence-electron chi connectivity index (χ1n) is 6.60. The SMILES string of the molecule is Cc1c(C(F)(F)F)ccc(N2CCCCC2)c1CN. The lowest BCUT2D eigenvalue weighted by Gasteiger charge is -2.31. The molecule has 0 bridgehead atoms. The normalized spacial score (nSPS) is 16.8. The minimum atomic E-state index is -4.31. The third-order valence-corrected chi connectivity index (χ3v) is 3.78. The Kier molecular flexibility index (Phi) is 4.04. The molecule has 0 aliphatic carbocycles. The molecule has 19 heavy (non-hydrogen) atoms. The average Bonchev–Trinajstić information content (AvgIpc) is 2.37. The van der Waals surface area contributed by atoms with Crippen molar-refractivity contribution in [2.45, 2.75) is 38.9 Å². The molecule has 5 heteroatoms. The Balaban J connectivity index is 2.43. The van der Waals surface area contributed by atoms with Gasteiger partial charge >= 0.3 is 6.18 Å². The van der Waals surface area contributed by atoms with Gasteiger partial charge in [-0.2, -0.15) is 13.2 Å². The Labute approximate surface area is 111 Å². The minimum Gasteiger partial charge on any atom is -0.371 e. The van der Waals surface area contributed by atoms with Crippen LogP contribution in [0.15, 0.2) is 12.1 Å². The van der Waals surface area contributed by atoms with Crippen LogP contribution in [0.4, 0.5) is 18.9 Å². The van der Waals surface area contributed by atoms with Crippen LogP contribution in [0.5, 0.6) is 0 Å². The summed E-state index contributed by atoms with van der Waals surface area (Å²) in [4.78, 5) is 2.15. The third-order valence-electron chi connectivity index (χ3n) is 3.78. The smallest absolute Gasteiger partial charge is 0.371 e. The molecule has 0 aromatic heterocycles. The molecule has 106 valence electrons. The monoisotopic (exact) mass is 272 g/mol. The molecule has 1 aromatic carbocycles. The third kappa shape index (κ3) is 2.86. The lowest BCUT2D eigenvalue weighted by Crippen LogP contribution is -2.31. The van der Waals surface area contributed by atoms with E-state index in [0.29, 0.717) is 5.56 Å². The fraction of sp³-hybridized carbons (Fsp3) is 0.571. The standard InChI is InChI=1S/C14H19F3N2/c1-10-11(9-18)13(19-7-3-2-4-8-19)6-5-12(10)14(15,16)17/h5-6H,2-4,7-9,18H2,1H3. The highest BCUT2D eigenvalue weighted by atomic mass is 19.4. The van der Waals surface area contributed by atoms with E-state index in [9.17, 15) is 13.2 Å². The van der Waals surface area contributed by atoms with Gasteiger partial charge in [0.1, 0.15) is 0 Å². The highest BCUT2D eigenvalue weighted by Crippen LogP contribution is 2.37. The summed E-state index contributed by atoms with van der Waals surface area (Å²) in [5, 5.41) is 0. The molecule has 1 aliphatic heterocycles. The Morgan fingerprint density at radius 3 is 2.32 bits per heavy atom. The van der Waals surface area contributed by atoms with Crippen LogP contribution >= 0.6 is 0 Å². The van der Waals surface area contributed by atoms with Crippen LogP contribution in [0.1, 0.15) is 36.0 Å². The van der Waals surface area contributed by atoms with Crippen molar-refractivity contribution in [2.75, 3.05) is 18.0 Å². The van der Waals surface area contributed by atoms with Crippen LogP contribution < -0.4 is 10.6 Å². The van der Waals surface area contributed by atoms with Crippen LogP contribution in [0.3, 0.4) is 0 Å². The van der Waals surface area contributed by atoms with Crippen molar-refractivity contribution in [1.29, 1.82) is 0 Å². The number of rotatable bonds is 2. The van der Waals surface area contributed by atoms with E-state index in [1.54, 1.807) is 6.07 Å². The van der Waals surface area contributed by atoms with Crippen molar-refractivity contribution < 1.29 is 13.2 Å². The van der Waals surface area contributed by atoms with Crippen molar-refractivity contribution in [3.8, 4) is 0 Å². The van der Waals surface area contributed by atoms with Crippen molar-refractivity contribution >= 4 is 5.69 Å². The Morgan fingerprint density at radius 2 is 1.79 bits per heavy atom. The second-order valence-corrected chi connectivity index (χ2v) is 4.99. The van der Waals surface area contributed by atoms with E-state index in [2.05, 4.69) is 4.90 Å². The fourth-order valence-electron chi connectivity index (χ4n) is 2.74. The summed E-state index contributed by atoms with van der Waals surface area (Å²) in [6.45, 7) is 3.45. The Bertz CT molecular complexity index is 449. The molecule has 0 radical (unpaired) electrons. The number of hydrogen-bond donors (Lipinski definition) is 1. The number of nitrogens with two attached hydrogens (primary N) is 1.